The van der Waals surface area contributed by atoms with Gasteiger partial charge in [-0.15, -0.1) is 0 Å². The number of hydrogen-bond donors (Lipinski definition) is 2. The van der Waals surface area contributed by atoms with Gasteiger partial charge in [0.15, 0.2) is 0 Å². The van der Waals surface area contributed by atoms with Crippen LogP contribution in [0.15, 0.2) is 48.5 Å². The lowest BCUT2D eigenvalue weighted by Crippen LogP contribution is -2.40. The summed E-state index contributed by atoms with van der Waals surface area (Å²) < 4.78 is 5.74. The Hall–Kier alpha value is -2.04. The van der Waals surface area contributed by atoms with Gasteiger partial charge in [-0.1, -0.05) is 35.9 Å². The van der Waals surface area contributed by atoms with Crippen molar-refractivity contribution in [3.63, 3.8) is 0 Å². The number of amides is 1. The molecule has 0 aromatic heterocycles. The predicted molar refractivity (Wildman–Crippen MR) is 92.6 cm³/mol. The Balaban J connectivity index is 1.83. The predicted octanol–water partition coefficient (Wildman–Crippen LogP) is 3.14. The molecule has 23 heavy (non-hydrogen) atoms. The fraction of sp³-hybridized carbons (Fsp3) is 0.278. The maximum Gasteiger partial charge on any atom is 0.236 e. The lowest BCUT2D eigenvalue weighted by atomic mass is 10.2. The van der Waals surface area contributed by atoms with Gasteiger partial charge in [-0.05, 0) is 42.3 Å². The highest BCUT2D eigenvalue weighted by molar-refractivity contribution is 6.30. The Labute approximate surface area is 141 Å². The number of benzene rings is 2. The summed E-state index contributed by atoms with van der Waals surface area (Å²) in [4.78, 5) is 11.4. The summed E-state index contributed by atoms with van der Waals surface area (Å²) in [5.41, 5.74) is 2.12. The van der Waals surface area contributed by atoms with E-state index in [0.717, 1.165) is 16.9 Å². The van der Waals surface area contributed by atoms with Gasteiger partial charge in [-0.25, -0.2) is 0 Å². The number of nitrogens with one attached hydrogen (secondary N) is 2. The molecule has 2 aromatic carbocycles. The Morgan fingerprint density at radius 1 is 1.17 bits per heavy atom. The number of likely N-dealkylation sites (N-methyl/N-ethyl adjacent to an activating group) is 1. The summed E-state index contributed by atoms with van der Waals surface area (Å²) in [6.45, 7) is 2.94. The first-order valence-electron chi connectivity index (χ1n) is 7.49. The van der Waals surface area contributed by atoms with Gasteiger partial charge in [0.05, 0.1) is 6.04 Å². The van der Waals surface area contributed by atoms with Crippen LogP contribution in [0.2, 0.25) is 5.02 Å². The summed E-state index contributed by atoms with van der Waals surface area (Å²) in [5.74, 6) is 0.777. The zero-order chi connectivity index (χ0) is 16.7. The summed E-state index contributed by atoms with van der Waals surface area (Å²) in [5, 5.41) is 6.49. The molecule has 2 N–H and O–H groups in total. The summed E-state index contributed by atoms with van der Waals surface area (Å²) in [6.07, 6.45) is 0. The highest BCUT2D eigenvalue weighted by Gasteiger charge is 2.09. The quantitative estimate of drug-likeness (QED) is 0.819. The maximum atomic E-state index is 11.4. The number of ether oxygens (including phenoxy) is 1. The zero-order valence-electron chi connectivity index (χ0n) is 13.3. The molecule has 0 aliphatic rings. The number of carbonyl (C=O) groups is 1. The van der Waals surface area contributed by atoms with Crippen LogP contribution in [0.25, 0.3) is 0 Å². The third-order valence-electron chi connectivity index (χ3n) is 3.47. The number of rotatable bonds is 7. The molecule has 0 aliphatic heterocycles. The van der Waals surface area contributed by atoms with E-state index in [0.29, 0.717) is 18.2 Å². The molecule has 2 rings (SSSR count). The van der Waals surface area contributed by atoms with Crippen LogP contribution in [0.5, 0.6) is 5.75 Å². The van der Waals surface area contributed by atoms with Crippen molar-refractivity contribution in [1.29, 1.82) is 0 Å². The fourth-order valence-electron chi connectivity index (χ4n) is 2.08. The largest absolute Gasteiger partial charge is 0.489 e. The molecule has 5 heteroatoms. The van der Waals surface area contributed by atoms with Crippen molar-refractivity contribution in [2.45, 2.75) is 26.1 Å². The van der Waals surface area contributed by atoms with Gasteiger partial charge in [0.25, 0.3) is 0 Å². The van der Waals surface area contributed by atoms with E-state index in [4.69, 9.17) is 16.3 Å². The molecule has 0 unspecified atom stereocenters. The highest BCUT2D eigenvalue weighted by atomic mass is 35.5. The molecule has 2 aromatic rings. The summed E-state index contributed by atoms with van der Waals surface area (Å²) in [7, 11) is 1.63. The van der Waals surface area contributed by atoms with E-state index >= 15 is 0 Å². The second-order valence-corrected chi connectivity index (χ2v) is 5.72. The molecule has 0 radical (unpaired) electrons. The Bertz CT molecular complexity index is 644. The van der Waals surface area contributed by atoms with Gasteiger partial charge in [0.1, 0.15) is 12.4 Å². The number of halogens is 1. The molecule has 1 amide bonds. The van der Waals surface area contributed by atoms with Crippen LogP contribution in [0.1, 0.15) is 18.1 Å². The maximum absolute atomic E-state index is 11.4. The second-order valence-electron chi connectivity index (χ2n) is 5.28. The molecular weight excluding hydrogens is 312 g/mol. The van der Waals surface area contributed by atoms with E-state index in [1.54, 1.807) is 7.05 Å². The van der Waals surface area contributed by atoms with Gasteiger partial charge in [0, 0.05) is 18.6 Å². The lowest BCUT2D eigenvalue weighted by Gasteiger charge is -2.12. The Kier molecular flexibility index (Phi) is 6.44. The normalized spacial score (nSPS) is 11.8. The molecule has 0 bridgehead atoms. The van der Waals surface area contributed by atoms with Crippen LogP contribution < -0.4 is 15.4 Å². The van der Waals surface area contributed by atoms with E-state index in [9.17, 15) is 4.79 Å². The van der Waals surface area contributed by atoms with Gasteiger partial charge >= 0.3 is 0 Å². The average molecular weight is 333 g/mol. The van der Waals surface area contributed by atoms with Gasteiger partial charge < -0.3 is 15.4 Å². The van der Waals surface area contributed by atoms with Crippen LogP contribution in [0.3, 0.4) is 0 Å². The molecule has 0 aliphatic carbocycles. The van der Waals surface area contributed by atoms with Gasteiger partial charge in [0.2, 0.25) is 5.91 Å². The van der Waals surface area contributed by atoms with Crippen LogP contribution >= 0.6 is 11.6 Å². The standard InChI is InChI=1S/C18H21ClN2O2/c1-13(18(22)20-2)21-11-14-6-8-17(9-7-14)23-12-15-4-3-5-16(19)10-15/h3-10,13,21H,11-12H2,1-2H3,(H,20,22)/t13-/m0/s1. The molecule has 4 nitrogen and oxygen atoms in total. The molecule has 1 atom stereocenters. The fourth-order valence-corrected chi connectivity index (χ4v) is 2.29. The Morgan fingerprint density at radius 3 is 2.57 bits per heavy atom. The van der Waals surface area contributed by atoms with Crippen molar-refractivity contribution in [1.82, 2.24) is 10.6 Å². The van der Waals surface area contributed by atoms with Crippen molar-refractivity contribution in [3.05, 3.63) is 64.7 Å². The van der Waals surface area contributed by atoms with E-state index in [1.165, 1.54) is 0 Å². The molecule has 0 heterocycles. The van der Waals surface area contributed by atoms with Gasteiger partial charge in [-0.3, -0.25) is 4.79 Å². The molecule has 0 saturated heterocycles. The molecule has 122 valence electrons. The first kappa shape index (κ1) is 17.3. The van der Waals surface area contributed by atoms with Crippen LogP contribution in [0.4, 0.5) is 0 Å². The zero-order valence-corrected chi connectivity index (χ0v) is 14.1. The highest BCUT2D eigenvalue weighted by Crippen LogP contribution is 2.16. The summed E-state index contributed by atoms with van der Waals surface area (Å²) in [6, 6.07) is 15.2. The van der Waals surface area contributed by atoms with Gasteiger partial charge in [-0.2, -0.15) is 0 Å². The van der Waals surface area contributed by atoms with Crippen molar-refractivity contribution < 1.29 is 9.53 Å². The average Bonchev–Trinajstić information content (AvgIpc) is 2.58. The lowest BCUT2D eigenvalue weighted by molar-refractivity contribution is -0.122. The minimum Gasteiger partial charge on any atom is -0.489 e. The van der Waals surface area contributed by atoms with E-state index in [-0.39, 0.29) is 11.9 Å². The second kappa shape index (κ2) is 8.56. The third kappa shape index (κ3) is 5.58. The SMILES string of the molecule is CNC(=O)[C@H](C)NCc1ccc(OCc2cccc(Cl)c2)cc1. The van der Waals surface area contributed by atoms with Crippen molar-refractivity contribution in [2.75, 3.05) is 7.05 Å². The van der Waals surface area contributed by atoms with Crippen LogP contribution in [-0.4, -0.2) is 19.0 Å². The van der Waals surface area contributed by atoms with Crippen molar-refractivity contribution in [2.24, 2.45) is 0 Å². The molecular formula is C18H21ClN2O2. The van der Waals surface area contributed by atoms with Crippen molar-refractivity contribution in [3.8, 4) is 5.75 Å². The van der Waals surface area contributed by atoms with E-state index in [1.807, 2.05) is 55.5 Å². The minimum atomic E-state index is -0.223. The Morgan fingerprint density at radius 2 is 1.91 bits per heavy atom. The topological polar surface area (TPSA) is 50.4 Å². The first-order chi connectivity index (χ1) is 11.1. The first-order valence-corrected chi connectivity index (χ1v) is 7.87. The third-order valence-corrected chi connectivity index (χ3v) is 3.71. The monoisotopic (exact) mass is 332 g/mol. The minimum absolute atomic E-state index is 0.0218. The van der Waals surface area contributed by atoms with E-state index < -0.39 is 0 Å². The van der Waals surface area contributed by atoms with Crippen molar-refractivity contribution >= 4 is 17.5 Å². The van der Waals surface area contributed by atoms with E-state index in [2.05, 4.69) is 10.6 Å². The molecule has 0 saturated carbocycles. The van der Waals surface area contributed by atoms with Crippen LogP contribution in [0, 0.1) is 0 Å². The van der Waals surface area contributed by atoms with Crippen LogP contribution in [-0.2, 0) is 17.9 Å². The number of hydrogen-bond acceptors (Lipinski definition) is 3. The summed E-state index contributed by atoms with van der Waals surface area (Å²) >= 11 is 5.95. The molecule has 0 fully saturated rings. The smallest absolute Gasteiger partial charge is 0.236 e. The number of carbonyl (C=O) groups excluding carboxylic acids is 1. The molecule has 0 spiro atoms.